The second-order valence-corrected chi connectivity index (χ2v) is 7.30. The molecule has 1 heteroatoms. The molecule has 2 aliphatic rings. The third-order valence-corrected chi connectivity index (χ3v) is 5.68. The molecule has 124 valence electrons. The van der Waals surface area contributed by atoms with Crippen LogP contribution in [0.1, 0.15) is 70.2 Å². The summed E-state index contributed by atoms with van der Waals surface area (Å²) in [6.07, 6.45) is 13.5. The molecule has 2 aromatic rings. The van der Waals surface area contributed by atoms with Crippen molar-refractivity contribution in [2.45, 2.75) is 52.4 Å². The number of hydrogen-bond donors (Lipinski definition) is 0. The van der Waals surface area contributed by atoms with Crippen LogP contribution in [0.3, 0.4) is 0 Å². The van der Waals surface area contributed by atoms with E-state index in [1.807, 2.05) is 0 Å². The molecule has 0 heterocycles. The van der Waals surface area contributed by atoms with Gasteiger partial charge >= 0.3 is 26.2 Å². The van der Waals surface area contributed by atoms with E-state index in [0.29, 0.717) is 11.8 Å². The molecule has 0 fully saturated rings. The zero-order valence-corrected chi connectivity index (χ0v) is 18.0. The van der Waals surface area contributed by atoms with E-state index < -0.39 is 0 Å². The van der Waals surface area contributed by atoms with Crippen LogP contribution in [-0.4, -0.2) is 0 Å². The van der Waals surface area contributed by atoms with Gasteiger partial charge in [-0.05, 0) is 26.7 Å². The molecule has 2 aromatic carbocycles. The van der Waals surface area contributed by atoms with Gasteiger partial charge in [-0.1, -0.05) is 61.1 Å². The first-order valence-electron chi connectivity index (χ1n) is 8.99. The van der Waals surface area contributed by atoms with Gasteiger partial charge in [0.25, 0.3) is 0 Å². The fourth-order valence-corrected chi connectivity index (χ4v) is 4.36. The maximum Gasteiger partial charge on any atom is 2.00 e. The number of hydrogen-bond acceptors (Lipinski definition) is 0. The van der Waals surface area contributed by atoms with Gasteiger partial charge in [-0.15, -0.1) is 22.3 Å². The molecule has 0 nitrogen and oxygen atoms in total. The first kappa shape index (κ1) is 18.6. The Labute approximate surface area is 171 Å². The molecule has 0 radical (unpaired) electrons. The molecule has 0 aromatic heterocycles. The maximum atomic E-state index is 3.48. The largest absolute Gasteiger partial charge is 2.00 e. The van der Waals surface area contributed by atoms with E-state index in [-0.39, 0.29) is 26.2 Å². The smallest absolute Gasteiger partial charge is 0.269 e. The molecular weight excluding hydrogens is 379 g/mol. The van der Waals surface area contributed by atoms with Crippen molar-refractivity contribution in [3.05, 3.63) is 80.9 Å². The van der Waals surface area contributed by atoms with Gasteiger partial charge in [-0.25, -0.2) is 12.2 Å². The van der Waals surface area contributed by atoms with Gasteiger partial charge in [0.05, 0.1) is 0 Å². The Hall–Kier alpha value is -1.20. The third kappa shape index (κ3) is 3.17. The molecule has 0 amide bonds. The predicted molar refractivity (Wildman–Crippen MR) is 102 cm³/mol. The Kier molecular flexibility index (Phi) is 5.35. The molecule has 2 atom stereocenters. The average molecular weight is 404 g/mol. The minimum atomic E-state index is 0. The molecule has 2 aliphatic carbocycles. The van der Waals surface area contributed by atoms with Crippen LogP contribution in [0.5, 0.6) is 0 Å². The summed E-state index contributed by atoms with van der Waals surface area (Å²) in [5.41, 5.74) is 11.5. The number of aryl methyl sites for hydroxylation is 4. The Bertz CT molecular complexity index is 797. The fraction of sp³-hybridized carbons (Fsp3) is 0.333. The molecule has 0 bridgehead atoms. The quantitative estimate of drug-likeness (QED) is 0.555. The summed E-state index contributed by atoms with van der Waals surface area (Å²) < 4.78 is 0. The number of benzene rings is 2. The molecular formula is C24H24Zr. The van der Waals surface area contributed by atoms with Gasteiger partial charge < -0.3 is 0 Å². The van der Waals surface area contributed by atoms with E-state index in [9.17, 15) is 0 Å². The van der Waals surface area contributed by atoms with E-state index in [4.69, 9.17) is 0 Å². The summed E-state index contributed by atoms with van der Waals surface area (Å²) >= 11 is 0. The van der Waals surface area contributed by atoms with Gasteiger partial charge in [-0.2, -0.15) is 11.1 Å². The zero-order chi connectivity index (χ0) is 16.8. The van der Waals surface area contributed by atoms with E-state index in [2.05, 4.69) is 76.3 Å². The van der Waals surface area contributed by atoms with Gasteiger partial charge in [0, 0.05) is 0 Å². The number of rotatable bonds is 3. The molecule has 0 unspecified atom stereocenters. The number of allylic oxidation sites excluding steroid dienone is 2. The van der Waals surface area contributed by atoms with Crippen LogP contribution in [0.15, 0.2) is 24.3 Å². The minimum absolute atomic E-state index is 0. The molecule has 0 spiro atoms. The van der Waals surface area contributed by atoms with Crippen molar-refractivity contribution < 1.29 is 26.2 Å². The minimum Gasteiger partial charge on any atom is -0.269 e. The van der Waals surface area contributed by atoms with Crippen LogP contribution in [-0.2, 0) is 39.0 Å². The summed E-state index contributed by atoms with van der Waals surface area (Å²) in [6.45, 7) is 8.92. The molecule has 4 rings (SSSR count). The molecule has 0 N–H and O–H groups in total. The van der Waals surface area contributed by atoms with E-state index >= 15 is 0 Å². The van der Waals surface area contributed by atoms with Crippen LogP contribution in [0.4, 0.5) is 0 Å². The Morgan fingerprint density at radius 1 is 0.720 bits per heavy atom. The van der Waals surface area contributed by atoms with Crippen molar-refractivity contribution in [1.82, 2.24) is 0 Å². The maximum absolute atomic E-state index is 3.48. The average Bonchev–Trinajstić information content (AvgIpc) is 3.14. The molecule has 0 saturated heterocycles. The zero-order valence-electron chi connectivity index (χ0n) is 15.5. The Balaban J connectivity index is 0.00000182. The van der Waals surface area contributed by atoms with Crippen LogP contribution in [0.2, 0.25) is 0 Å². The monoisotopic (exact) mass is 402 g/mol. The first-order valence-corrected chi connectivity index (χ1v) is 8.99. The Morgan fingerprint density at radius 2 is 1.12 bits per heavy atom. The van der Waals surface area contributed by atoms with E-state index in [1.165, 1.54) is 44.5 Å². The number of fused-ring (bicyclic) bond motifs is 2. The molecule has 0 aliphatic heterocycles. The summed E-state index contributed by atoms with van der Waals surface area (Å²) in [4.78, 5) is 0. The van der Waals surface area contributed by atoms with Crippen molar-refractivity contribution in [3.63, 3.8) is 0 Å². The van der Waals surface area contributed by atoms with Crippen molar-refractivity contribution in [3.8, 4) is 0 Å². The van der Waals surface area contributed by atoms with Crippen molar-refractivity contribution in [1.29, 1.82) is 0 Å². The van der Waals surface area contributed by atoms with Crippen molar-refractivity contribution in [2.24, 2.45) is 0 Å². The fourth-order valence-electron chi connectivity index (χ4n) is 4.36. The topological polar surface area (TPSA) is 0 Å². The van der Waals surface area contributed by atoms with Crippen molar-refractivity contribution >= 4 is 12.2 Å². The normalized spacial score (nSPS) is 19.7. The standard InChI is InChI=1S/C24H24.Zr/c1-15-5-9-19(21-13-7-17(3)23(15)21)11-12-20-10-6-16(2)24-18(4)8-14-22(20)24;/h5-6,9-10,13-14,17-18H,11-12H2,1-4H3;/q-2;+2/t17-,18+;. The van der Waals surface area contributed by atoms with Crippen LogP contribution in [0.25, 0.3) is 12.2 Å². The van der Waals surface area contributed by atoms with Crippen LogP contribution < -0.4 is 0 Å². The van der Waals surface area contributed by atoms with Crippen LogP contribution in [0, 0.1) is 26.0 Å². The Morgan fingerprint density at radius 3 is 1.52 bits per heavy atom. The van der Waals surface area contributed by atoms with Gasteiger partial charge in [0.2, 0.25) is 0 Å². The van der Waals surface area contributed by atoms with Gasteiger partial charge in [0.1, 0.15) is 0 Å². The first-order chi connectivity index (χ1) is 11.6. The van der Waals surface area contributed by atoms with Gasteiger partial charge in [-0.3, -0.25) is 12.2 Å². The predicted octanol–water partition coefficient (Wildman–Crippen LogP) is 5.95. The summed E-state index contributed by atoms with van der Waals surface area (Å²) in [5, 5.41) is 0. The van der Waals surface area contributed by atoms with E-state index in [0.717, 1.165) is 12.8 Å². The van der Waals surface area contributed by atoms with Gasteiger partial charge in [0.15, 0.2) is 0 Å². The molecule has 25 heavy (non-hydrogen) atoms. The summed E-state index contributed by atoms with van der Waals surface area (Å²) in [7, 11) is 0. The van der Waals surface area contributed by atoms with E-state index in [1.54, 1.807) is 0 Å². The van der Waals surface area contributed by atoms with Crippen molar-refractivity contribution in [2.75, 3.05) is 0 Å². The second-order valence-electron chi connectivity index (χ2n) is 7.30. The third-order valence-electron chi connectivity index (χ3n) is 5.68. The summed E-state index contributed by atoms with van der Waals surface area (Å²) in [5.74, 6) is 0.865. The second kappa shape index (κ2) is 7.20. The summed E-state index contributed by atoms with van der Waals surface area (Å²) in [6, 6.07) is 9.18. The molecule has 0 saturated carbocycles. The van der Waals surface area contributed by atoms with Crippen LogP contribution >= 0.6 is 0 Å². The SMILES string of the molecule is Cc1ccc(CCc2ccc(C)c3c2C=[C-][C@@H]3C)c2c1[C@H](C)[C-]=C2.[Zr+2].